The molecule has 1 atom stereocenters. The molecule has 1 aliphatic rings. The average molecular weight is 601 g/mol. The number of nitrogens with zero attached hydrogens (tertiary/aromatic N) is 3. The van der Waals surface area contributed by atoms with Crippen LogP contribution in [0, 0.1) is 5.92 Å². The summed E-state index contributed by atoms with van der Waals surface area (Å²) >= 11 is 3.52. The predicted octanol–water partition coefficient (Wildman–Crippen LogP) is 6.03. The number of benzene rings is 2. The van der Waals surface area contributed by atoms with Crippen molar-refractivity contribution in [2.24, 2.45) is 5.92 Å². The molecule has 0 saturated heterocycles. The minimum absolute atomic E-state index is 0.0107. The van der Waals surface area contributed by atoms with Gasteiger partial charge in [0.05, 0.1) is 23.6 Å². The van der Waals surface area contributed by atoms with Gasteiger partial charge in [0.1, 0.15) is 0 Å². The van der Waals surface area contributed by atoms with E-state index in [0.29, 0.717) is 24.0 Å². The second-order valence-electron chi connectivity index (χ2n) is 12.6. The van der Waals surface area contributed by atoms with E-state index in [1.54, 1.807) is 4.57 Å². The minimum atomic E-state index is -2.17. The first-order valence-corrected chi connectivity index (χ1v) is 17.4. The van der Waals surface area contributed by atoms with Crippen LogP contribution in [0.3, 0.4) is 0 Å². The van der Waals surface area contributed by atoms with Gasteiger partial charge < -0.3 is 4.43 Å². The fourth-order valence-corrected chi connectivity index (χ4v) is 6.72. The lowest BCUT2D eigenvalue weighted by molar-refractivity contribution is 0.0968. The molecule has 38 heavy (non-hydrogen) atoms. The SMILES string of the molecule is CC(C)Cn1c(=O)n(CC(CN2CCc3ccccc3C2)O[Si](C)(C)C(C)(C)C)c(=O)c2cc(Br)ccc21. The molecule has 1 aliphatic heterocycles. The van der Waals surface area contributed by atoms with E-state index in [4.69, 9.17) is 4.43 Å². The standard InChI is InChI=1S/C30H42BrN3O3Si/c1-21(2)17-33-27-13-12-24(31)16-26(27)28(35)34(29(33)36)20-25(37-38(6,7)30(3,4)5)19-32-15-14-22-10-8-9-11-23(22)18-32/h8-13,16,21,25H,14-15,17-20H2,1-7H3. The lowest BCUT2D eigenvalue weighted by Crippen LogP contribution is -2.51. The van der Waals surface area contributed by atoms with Gasteiger partial charge in [-0.15, -0.1) is 0 Å². The van der Waals surface area contributed by atoms with Crippen LogP contribution in [0.25, 0.3) is 10.9 Å². The Morgan fingerprint density at radius 3 is 2.32 bits per heavy atom. The summed E-state index contributed by atoms with van der Waals surface area (Å²) in [7, 11) is -2.17. The Balaban J connectivity index is 1.75. The third kappa shape index (κ3) is 6.24. The van der Waals surface area contributed by atoms with Crippen molar-refractivity contribution in [2.75, 3.05) is 13.1 Å². The maximum atomic E-state index is 13.8. The quantitative estimate of drug-likeness (QED) is 0.297. The van der Waals surface area contributed by atoms with E-state index in [2.05, 4.69) is 92.8 Å². The summed E-state index contributed by atoms with van der Waals surface area (Å²) in [6, 6.07) is 14.2. The van der Waals surface area contributed by atoms with Crippen LogP contribution in [0.1, 0.15) is 45.7 Å². The highest BCUT2D eigenvalue weighted by Crippen LogP contribution is 2.37. The van der Waals surface area contributed by atoms with Crippen molar-refractivity contribution in [1.29, 1.82) is 0 Å². The van der Waals surface area contributed by atoms with Gasteiger partial charge in [0, 0.05) is 30.7 Å². The van der Waals surface area contributed by atoms with Gasteiger partial charge in [0.15, 0.2) is 8.32 Å². The molecule has 0 saturated carbocycles. The van der Waals surface area contributed by atoms with E-state index in [0.717, 1.165) is 24.0 Å². The number of rotatable bonds is 8. The zero-order chi connectivity index (χ0) is 27.8. The topological polar surface area (TPSA) is 56.5 Å². The largest absolute Gasteiger partial charge is 0.411 e. The first kappa shape index (κ1) is 29.0. The Bertz CT molecular complexity index is 1420. The summed E-state index contributed by atoms with van der Waals surface area (Å²) in [6.45, 7) is 18.6. The van der Waals surface area contributed by atoms with Gasteiger partial charge in [-0.1, -0.05) is 74.8 Å². The lowest BCUT2D eigenvalue weighted by Gasteiger charge is -2.41. The van der Waals surface area contributed by atoms with Crippen LogP contribution < -0.4 is 11.2 Å². The van der Waals surface area contributed by atoms with E-state index in [1.807, 2.05) is 18.2 Å². The molecule has 0 fully saturated rings. The van der Waals surface area contributed by atoms with Gasteiger partial charge in [-0.3, -0.25) is 18.8 Å². The van der Waals surface area contributed by atoms with Crippen LogP contribution in [0.4, 0.5) is 0 Å². The van der Waals surface area contributed by atoms with E-state index < -0.39 is 8.32 Å². The van der Waals surface area contributed by atoms with E-state index in [1.165, 1.54) is 15.7 Å². The molecule has 2 aromatic carbocycles. The maximum absolute atomic E-state index is 13.8. The van der Waals surface area contributed by atoms with E-state index in [-0.39, 0.29) is 34.9 Å². The second kappa shape index (κ2) is 11.2. The minimum Gasteiger partial charge on any atom is -0.411 e. The number of fused-ring (bicyclic) bond motifs is 2. The highest BCUT2D eigenvalue weighted by atomic mass is 79.9. The molecule has 1 unspecified atom stereocenters. The van der Waals surface area contributed by atoms with Gasteiger partial charge in [-0.05, 0) is 59.8 Å². The smallest absolute Gasteiger partial charge is 0.331 e. The van der Waals surface area contributed by atoms with Crippen molar-refractivity contribution in [3.05, 3.63) is 78.9 Å². The van der Waals surface area contributed by atoms with Gasteiger partial charge in [0.25, 0.3) is 5.56 Å². The summed E-state index contributed by atoms with van der Waals surface area (Å²) in [6.07, 6.45) is 0.720. The lowest BCUT2D eigenvalue weighted by atomic mass is 10.00. The molecular weight excluding hydrogens is 558 g/mol. The summed E-state index contributed by atoms with van der Waals surface area (Å²) in [5.74, 6) is 0.262. The van der Waals surface area contributed by atoms with Crippen molar-refractivity contribution < 1.29 is 4.43 Å². The van der Waals surface area contributed by atoms with E-state index in [9.17, 15) is 9.59 Å². The molecule has 0 bridgehead atoms. The van der Waals surface area contributed by atoms with Crippen molar-refractivity contribution in [3.63, 3.8) is 0 Å². The van der Waals surface area contributed by atoms with Crippen molar-refractivity contribution >= 4 is 35.2 Å². The molecule has 3 aromatic rings. The molecule has 0 radical (unpaired) electrons. The summed E-state index contributed by atoms with van der Waals surface area (Å²) in [4.78, 5) is 30.0. The predicted molar refractivity (Wildman–Crippen MR) is 162 cm³/mol. The van der Waals surface area contributed by atoms with E-state index >= 15 is 0 Å². The monoisotopic (exact) mass is 599 g/mol. The average Bonchev–Trinajstić information content (AvgIpc) is 2.83. The first-order valence-electron chi connectivity index (χ1n) is 13.7. The molecule has 8 heteroatoms. The van der Waals surface area contributed by atoms with Crippen LogP contribution in [0.15, 0.2) is 56.5 Å². The van der Waals surface area contributed by atoms with Crippen molar-refractivity contribution in [1.82, 2.24) is 14.0 Å². The molecule has 0 amide bonds. The molecule has 0 spiro atoms. The van der Waals surface area contributed by atoms with Crippen LogP contribution in [0.5, 0.6) is 0 Å². The zero-order valence-electron chi connectivity index (χ0n) is 23.9. The van der Waals surface area contributed by atoms with Gasteiger partial charge in [-0.25, -0.2) is 4.79 Å². The van der Waals surface area contributed by atoms with Gasteiger partial charge in [0.2, 0.25) is 0 Å². The Kier molecular flexibility index (Phi) is 8.57. The van der Waals surface area contributed by atoms with Crippen molar-refractivity contribution in [3.8, 4) is 0 Å². The molecular formula is C30H42BrN3O3Si. The zero-order valence-corrected chi connectivity index (χ0v) is 26.5. The highest BCUT2D eigenvalue weighted by Gasteiger charge is 2.40. The number of aromatic nitrogens is 2. The van der Waals surface area contributed by atoms with Crippen molar-refractivity contribution in [2.45, 2.75) is 84.9 Å². The Morgan fingerprint density at radius 2 is 1.66 bits per heavy atom. The van der Waals surface area contributed by atoms with Gasteiger partial charge >= 0.3 is 5.69 Å². The third-order valence-electron chi connectivity index (χ3n) is 8.06. The Hall–Kier alpha value is -2.00. The molecule has 6 nitrogen and oxygen atoms in total. The normalized spacial score (nSPS) is 15.7. The van der Waals surface area contributed by atoms with Crippen LogP contribution >= 0.6 is 15.9 Å². The molecule has 0 N–H and O–H groups in total. The molecule has 4 rings (SSSR count). The highest BCUT2D eigenvalue weighted by molar-refractivity contribution is 9.10. The Morgan fingerprint density at radius 1 is 0.974 bits per heavy atom. The number of hydrogen-bond donors (Lipinski definition) is 0. The Labute approximate surface area is 235 Å². The fraction of sp³-hybridized carbons (Fsp3) is 0.533. The third-order valence-corrected chi connectivity index (χ3v) is 13.1. The van der Waals surface area contributed by atoms with Gasteiger partial charge in [-0.2, -0.15) is 0 Å². The first-order chi connectivity index (χ1) is 17.8. The molecule has 1 aromatic heterocycles. The maximum Gasteiger partial charge on any atom is 0.331 e. The van der Waals surface area contributed by atoms with Crippen LogP contribution in [-0.4, -0.2) is 41.5 Å². The summed E-state index contributed by atoms with van der Waals surface area (Å²) in [5.41, 5.74) is 2.92. The molecule has 2 heterocycles. The summed E-state index contributed by atoms with van der Waals surface area (Å²) in [5, 5.41) is 0.564. The number of hydrogen-bond acceptors (Lipinski definition) is 4. The number of halogens is 1. The summed E-state index contributed by atoms with van der Waals surface area (Å²) < 4.78 is 10.9. The second-order valence-corrected chi connectivity index (χ2v) is 18.3. The molecule has 206 valence electrons. The van der Waals surface area contributed by atoms with Crippen LogP contribution in [0.2, 0.25) is 18.1 Å². The van der Waals surface area contributed by atoms with Crippen LogP contribution in [-0.2, 0) is 30.5 Å². The molecule has 0 aliphatic carbocycles. The fourth-order valence-electron chi connectivity index (χ4n) is 5.03.